The van der Waals surface area contributed by atoms with E-state index >= 15 is 0 Å². The second kappa shape index (κ2) is 8.34. The molecule has 0 aliphatic heterocycles. The van der Waals surface area contributed by atoms with Crippen LogP contribution in [-0.4, -0.2) is 20.4 Å². The van der Waals surface area contributed by atoms with Crippen molar-refractivity contribution >= 4 is 17.1 Å². The lowest BCUT2D eigenvalue weighted by Gasteiger charge is -2.22. The average molecular weight is 411 g/mol. The number of aryl methyl sites for hydroxylation is 1. The summed E-state index contributed by atoms with van der Waals surface area (Å²) in [5.74, 6) is 1.06. The summed E-state index contributed by atoms with van der Waals surface area (Å²) in [4.78, 5) is 18.2. The van der Waals surface area contributed by atoms with Gasteiger partial charge in [-0.15, -0.1) is 0 Å². The smallest absolute Gasteiger partial charge is 0.282 e. The molecule has 5 nitrogen and oxygen atoms in total. The number of hydrogen-bond donors (Lipinski definition) is 0. The van der Waals surface area contributed by atoms with E-state index in [2.05, 4.69) is 40.9 Å². The number of benzene rings is 2. The lowest BCUT2D eigenvalue weighted by Crippen LogP contribution is -2.25. The van der Waals surface area contributed by atoms with E-state index in [4.69, 9.17) is 4.98 Å². The lowest BCUT2D eigenvalue weighted by atomic mass is 9.88. The van der Waals surface area contributed by atoms with E-state index in [1.165, 1.54) is 29.5 Å². The molecule has 0 radical (unpaired) electrons. The van der Waals surface area contributed by atoms with Crippen molar-refractivity contribution in [3.63, 3.8) is 0 Å². The summed E-state index contributed by atoms with van der Waals surface area (Å²) in [6, 6.07) is 19.9. The molecule has 0 bridgehead atoms. The van der Waals surface area contributed by atoms with Gasteiger partial charge in [0, 0.05) is 17.8 Å². The molecule has 1 saturated carbocycles. The van der Waals surface area contributed by atoms with E-state index in [9.17, 15) is 4.79 Å². The summed E-state index contributed by atoms with van der Waals surface area (Å²) in [5, 5.41) is 5.28. The lowest BCUT2D eigenvalue weighted by molar-refractivity contribution is 0.416. The zero-order valence-electron chi connectivity index (χ0n) is 17.7. The Balaban J connectivity index is 1.60. The van der Waals surface area contributed by atoms with Crippen LogP contribution in [0.5, 0.6) is 0 Å². The highest BCUT2D eigenvalue weighted by molar-refractivity contribution is 5.80. The predicted octanol–water partition coefficient (Wildman–Crippen LogP) is 5.43. The maximum absolute atomic E-state index is 13.3. The zero-order valence-corrected chi connectivity index (χ0v) is 17.7. The number of aromatic nitrogens is 3. The molecule has 0 N–H and O–H groups in total. The molecule has 2 aromatic carbocycles. The molecule has 1 aliphatic carbocycles. The molecule has 4 aromatic rings. The van der Waals surface area contributed by atoms with E-state index in [0.717, 1.165) is 35.6 Å². The Kier molecular flexibility index (Phi) is 5.24. The Morgan fingerprint density at radius 2 is 1.74 bits per heavy atom. The summed E-state index contributed by atoms with van der Waals surface area (Å²) >= 11 is 0. The molecule has 2 heterocycles. The van der Waals surface area contributed by atoms with Crippen molar-refractivity contribution in [2.45, 2.75) is 44.9 Å². The van der Waals surface area contributed by atoms with Gasteiger partial charge in [0.1, 0.15) is 5.82 Å². The normalized spacial score (nSPS) is 15.1. The molecule has 0 atom stereocenters. The van der Waals surface area contributed by atoms with Crippen LogP contribution < -0.4 is 5.56 Å². The molecule has 0 spiro atoms. The van der Waals surface area contributed by atoms with Gasteiger partial charge >= 0.3 is 0 Å². The summed E-state index contributed by atoms with van der Waals surface area (Å²) in [6.07, 6.45) is 9.49. The minimum Gasteiger partial charge on any atom is -0.316 e. The second-order valence-corrected chi connectivity index (χ2v) is 8.32. The maximum atomic E-state index is 13.3. The molecule has 0 saturated heterocycles. The fraction of sp³-hybridized carbons (Fsp3) is 0.269. The first-order chi connectivity index (χ1) is 15.2. The van der Waals surface area contributed by atoms with Crippen molar-refractivity contribution in [1.29, 1.82) is 0 Å². The Labute approximate surface area is 181 Å². The van der Waals surface area contributed by atoms with Crippen LogP contribution in [0, 0.1) is 6.92 Å². The standard InChI is InChI=1S/C26H26N4O/c1-19-13-15-21(16-14-19)29-17-7-10-22(29)18-27-30-25(20-8-3-2-4-9-20)28-24-12-6-5-11-23(24)26(30)31/h5-7,10-18,20H,2-4,8-9H2,1H3. The minimum atomic E-state index is -0.101. The van der Waals surface area contributed by atoms with E-state index in [-0.39, 0.29) is 11.5 Å². The molecule has 5 heteroatoms. The quantitative estimate of drug-likeness (QED) is 0.422. The molecule has 31 heavy (non-hydrogen) atoms. The van der Waals surface area contributed by atoms with Gasteiger partial charge in [0.25, 0.3) is 5.56 Å². The van der Waals surface area contributed by atoms with Crippen molar-refractivity contribution in [2.75, 3.05) is 0 Å². The molecular formula is C26H26N4O. The van der Waals surface area contributed by atoms with Crippen molar-refractivity contribution < 1.29 is 0 Å². The third kappa shape index (κ3) is 3.83. The second-order valence-electron chi connectivity index (χ2n) is 8.32. The van der Waals surface area contributed by atoms with Gasteiger partial charge in [-0.1, -0.05) is 49.1 Å². The van der Waals surface area contributed by atoms with Gasteiger partial charge in [-0.2, -0.15) is 9.78 Å². The van der Waals surface area contributed by atoms with E-state index < -0.39 is 0 Å². The molecule has 0 unspecified atom stereocenters. The van der Waals surface area contributed by atoms with Gasteiger partial charge in [-0.25, -0.2) is 4.98 Å². The zero-order chi connectivity index (χ0) is 21.2. The van der Waals surface area contributed by atoms with E-state index in [0.29, 0.717) is 5.39 Å². The van der Waals surface area contributed by atoms with Crippen LogP contribution in [0.4, 0.5) is 0 Å². The van der Waals surface area contributed by atoms with Gasteiger partial charge in [0.05, 0.1) is 22.8 Å². The Hall–Kier alpha value is -3.47. The minimum absolute atomic E-state index is 0.101. The third-order valence-corrected chi connectivity index (χ3v) is 6.15. The van der Waals surface area contributed by atoms with Crippen molar-refractivity contribution in [1.82, 2.24) is 14.2 Å². The van der Waals surface area contributed by atoms with Gasteiger partial charge in [-0.05, 0) is 56.2 Å². The first-order valence-electron chi connectivity index (χ1n) is 11.0. The van der Waals surface area contributed by atoms with Crippen LogP contribution in [0.25, 0.3) is 16.6 Å². The van der Waals surface area contributed by atoms with Crippen LogP contribution in [-0.2, 0) is 0 Å². The van der Waals surface area contributed by atoms with Gasteiger partial charge in [0.2, 0.25) is 0 Å². The van der Waals surface area contributed by atoms with Gasteiger partial charge in [-0.3, -0.25) is 4.79 Å². The Bertz CT molecular complexity index is 1290. The molecule has 1 aliphatic rings. The van der Waals surface area contributed by atoms with Gasteiger partial charge < -0.3 is 4.57 Å². The fourth-order valence-corrected chi connectivity index (χ4v) is 4.43. The third-order valence-electron chi connectivity index (χ3n) is 6.15. The maximum Gasteiger partial charge on any atom is 0.282 e. The van der Waals surface area contributed by atoms with Crippen LogP contribution >= 0.6 is 0 Å². The molecule has 2 aromatic heterocycles. The summed E-state index contributed by atoms with van der Waals surface area (Å²) in [7, 11) is 0. The number of nitrogens with zero attached hydrogens (tertiary/aromatic N) is 4. The molecule has 0 amide bonds. The highest BCUT2D eigenvalue weighted by atomic mass is 16.1. The fourth-order valence-electron chi connectivity index (χ4n) is 4.43. The first kappa shape index (κ1) is 19.5. The summed E-state index contributed by atoms with van der Waals surface area (Å²) in [6.45, 7) is 2.08. The summed E-state index contributed by atoms with van der Waals surface area (Å²) in [5.41, 5.74) is 3.85. The number of para-hydroxylation sites is 1. The van der Waals surface area contributed by atoms with Crippen molar-refractivity contribution in [2.24, 2.45) is 5.10 Å². The Morgan fingerprint density at radius 3 is 2.55 bits per heavy atom. The largest absolute Gasteiger partial charge is 0.316 e. The van der Waals surface area contributed by atoms with Crippen LogP contribution in [0.1, 0.15) is 55.1 Å². The average Bonchev–Trinajstić information content (AvgIpc) is 3.28. The Morgan fingerprint density at radius 1 is 0.968 bits per heavy atom. The first-order valence-corrected chi connectivity index (χ1v) is 11.0. The summed E-state index contributed by atoms with van der Waals surface area (Å²) < 4.78 is 3.60. The topological polar surface area (TPSA) is 52.2 Å². The highest BCUT2D eigenvalue weighted by Crippen LogP contribution is 2.31. The van der Waals surface area contributed by atoms with Crippen LogP contribution in [0.3, 0.4) is 0 Å². The SMILES string of the molecule is Cc1ccc(-n2cccc2C=Nn2c(C3CCCCC3)nc3ccccc3c2=O)cc1. The molecule has 156 valence electrons. The monoisotopic (exact) mass is 410 g/mol. The number of rotatable bonds is 4. The van der Waals surface area contributed by atoms with E-state index in [1.807, 2.05) is 42.6 Å². The van der Waals surface area contributed by atoms with E-state index in [1.54, 1.807) is 6.21 Å². The molecule has 5 rings (SSSR count). The van der Waals surface area contributed by atoms with Crippen LogP contribution in [0.2, 0.25) is 0 Å². The molecule has 1 fully saturated rings. The van der Waals surface area contributed by atoms with Crippen molar-refractivity contribution in [3.05, 3.63) is 94.3 Å². The number of hydrogen-bond acceptors (Lipinski definition) is 3. The van der Waals surface area contributed by atoms with Crippen molar-refractivity contribution in [3.8, 4) is 5.69 Å². The molecular weight excluding hydrogens is 384 g/mol. The predicted molar refractivity (Wildman–Crippen MR) is 125 cm³/mol. The number of fused-ring (bicyclic) bond motifs is 1. The van der Waals surface area contributed by atoms with Gasteiger partial charge in [0.15, 0.2) is 0 Å². The highest BCUT2D eigenvalue weighted by Gasteiger charge is 2.22. The van der Waals surface area contributed by atoms with Crippen LogP contribution in [0.15, 0.2) is 76.8 Å².